The first-order valence-electron chi connectivity index (χ1n) is 6.47. The Balaban J connectivity index is 1.99. The molecule has 1 aliphatic carbocycles. The fourth-order valence-corrected chi connectivity index (χ4v) is 2.27. The van der Waals surface area contributed by atoms with Crippen molar-refractivity contribution in [2.45, 2.75) is 50.9 Å². The van der Waals surface area contributed by atoms with Gasteiger partial charge in [0.15, 0.2) is 0 Å². The molecule has 0 amide bonds. The predicted octanol–water partition coefficient (Wildman–Crippen LogP) is 2.48. The summed E-state index contributed by atoms with van der Waals surface area (Å²) >= 11 is 0. The van der Waals surface area contributed by atoms with Crippen molar-refractivity contribution < 1.29 is 9.47 Å². The van der Waals surface area contributed by atoms with Crippen molar-refractivity contribution >= 4 is 0 Å². The summed E-state index contributed by atoms with van der Waals surface area (Å²) in [6.07, 6.45) is 0.970. The van der Waals surface area contributed by atoms with E-state index in [-0.39, 0.29) is 23.7 Å². The van der Waals surface area contributed by atoms with Crippen LogP contribution in [-0.2, 0) is 10.2 Å². The monoisotopic (exact) mass is 249 g/mol. The smallest absolute Gasteiger partial charge is 0.128 e. The fraction of sp³-hybridized carbons (Fsp3) is 0.600. The highest BCUT2D eigenvalue weighted by Gasteiger charge is 2.40. The lowest BCUT2D eigenvalue weighted by atomic mass is 9.86. The lowest BCUT2D eigenvalue weighted by Crippen LogP contribution is -2.59. The number of ether oxygens (including phenoxy) is 2. The SMILES string of the molecule is COC1C(N)CC1Oc1ccc(C(C)(C)C)cc1. The van der Waals surface area contributed by atoms with E-state index in [0.29, 0.717) is 0 Å². The summed E-state index contributed by atoms with van der Waals surface area (Å²) in [5.41, 5.74) is 7.34. The summed E-state index contributed by atoms with van der Waals surface area (Å²) in [6.45, 7) is 6.61. The minimum atomic E-state index is 0.0206. The standard InChI is InChI=1S/C15H23NO2/c1-15(2,3)10-5-7-11(8-6-10)18-13-9-12(16)14(13)17-4/h5-8,12-14H,9,16H2,1-4H3. The summed E-state index contributed by atoms with van der Waals surface area (Å²) < 4.78 is 11.2. The van der Waals surface area contributed by atoms with E-state index in [2.05, 4.69) is 32.9 Å². The third-order valence-electron chi connectivity index (χ3n) is 3.57. The molecule has 1 aromatic rings. The van der Waals surface area contributed by atoms with Gasteiger partial charge in [0.25, 0.3) is 0 Å². The highest BCUT2D eigenvalue weighted by atomic mass is 16.5. The minimum Gasteiger partial charge on any atom is -0.488 e. The molecule has 3 heteroatoms. The molecule has 1 fully saturated rings. The number of benzene rings is 1. The number of rotatable bonds is 3. The van der Waals surface area contributed by atoms with Crippen LogP contribution in [0.15, 0.2) is 24.3 Å². The van der Waals surface area contributed by atoms with Crippen LogP contribution in [0.2, 0.25) is 0 Å². The minimum absolute atomic E-state index is 0.0206. The maximum absolute atomic E-state index is 5.89. The van der Waals surface area contributed by atoms with Crippen LogP contribution >= 0.6 is 0 Å². The summed E-state index contributed by atoms with van der Waals surface area (Å²) in [5, 5.41) is 0. The van der Waals surface area contributed by atoms with Gasteiger partial charge in [0.05, 0.1) is 0 Å². The van der Waals surface area contributed by atoms with Gasteiger partial charge in [-0.1, -0.05) is 32.9 Å². The van der Waals surface area contributed by atoms with Crippen molar-refractivity contribution in [2.24, 2.45) is 5.73 Å². The zero-order valence-electron chi connectivity index (χ0n) is 11.6. The molecule has 0 radical (unpaired) electrons. The number of nitrogens with two attached hydrogens (primary N) is 1. The van der Waals surface area contributed by atoms with Gasteiger partial charge in [-0.2, -0.15) is 0 Å². The lowest BCUT2D eigenvalue weighted by Gasteiger charge is -2.41. The Morgan fingerprint density at radius 1 is 1.17 bits per heavy atom. The van der Waals surface area contributed by atoms with Gasteiger partial charge in [-0.25, -0.2) is 0 Å². The molecule has 1 aromatic carbocycles. The number of methoxy groups -OCH3 is 1. The zero-order valence-corrected chi connectivity index (χ0v) is 11.6. The Hall–Kier alpha value is -1.06. The molecule has 1 aliphatic rings. The quantitative estimate of drug-likeness (QED) is 0.895. The topological polar surface area (TPSA) is 44.5 Å². The molecule has 3 unspecified atom stereocenters. The summed E-state index contributed by atoms with van der Waals surface area (Å²) in [6, 6.07) is 8.40. The largest absolute Gasteiger partial charge is 0.488 e. The Bertz CT molecular complexity index is 394. The Morgan fingerprint density at radius 2 is 1.78 bits per heavy atom. The maximum Gasteiger partial charge on any atom is 0.128 e. The van der Waals surface area contributed by atoms with Crippen LogP contribution in [0.1, 0.15) is 32.8 Å². The molecule has 0 heterocycles. The fourth-order valence-electron chi connectivity index (χ4n) is 2.27. The van der Waals surface area contributed by atoms with E-state index in [1.54, 1.807) is 7.11 Å². The van der Waals surface area contributed by atoms with E-state index in [0.717, 1.165) is 12.2 Å². The van der Waals surface area contributed by atoms with Gasteiger partial charge in [0, 0.05) is 19.6 Å². The van der Waals surface area contributed by atoms with Gasteiger partial charge in [0.1, 0.15) is 18.0 Å². The van der Waals surface area contributed by atoms with Crippen LogP contribution in [0.3, 0.4) is 0 Å². The van der Waals surface area contributed by atoms with Gasteiger partial charge in [-0.3, -0.25) is 0 Å². The van der Waals surface area contributed by atoms with Crippen LogP contribution in [-0.4, -0.2) is 25.4 Å². The second kappa shape index (κ2) is 4.90. The molecule has 18 heavy (non-hydrogen) atoms. The lowest BCUT2D eigenvalue weighted by molar-refractivity contribution is -0.0782. The molecule has 0 spiro atoms. The van der Waals surface area contributed by atoms with Crippen molar-refractivity contribution in [1.82, 2.24) is 0 Å². The summed E-state index contributed by atoms with van der Waals surface area (Å²) in [4.78, 5) is 0. The van der Waals surface area contributed by atoms with E-state index >= 15 is 0 Å². The molecule has 100 valence electrons. The third-order valence-corrected chi connectivity index (χ3v) is 3.57. The Kier molecular flexibility index (Phi) is 3.64. The summed E-state index contributed by atoms with van der Waals surface area (Å²) in [5.74, 6) is 0.891. The van der Waals surface area contributed by atoms with E-state index in [1.165, 1.54) is 5.56 Å². The Labute approximate surface area is 109 Å². The highest BCUT2D eigenvalue weighted by Crippen LogP contribution is 2.29. The van der Waals surface area contributed by atoms with E-state index < -0.39 is 0 Å². The molecule has 2 rings (SSSR count). The third kappa shape index (κ3) is 2.68. The molecule has 2 N–H and O–H groups in total. The molecule has 1 saturated carbocycles. The normalized spacial score (nSPS) is 27.7. The first kappa shape index (κ1) is 13.4. The van der Waals surface area contributed by atoms with Crippen molar-refractivity contribution in [2.75, 3.05) is 7.11 Å². The van der Waals surface area contributed by atoms with Gasteiger partial charge >= 0.3 is 0 Å². The number of hydrogen-bond acceptors (Lipinski definition) is 3. The van der Waals surface area contributed by atoms with Crippen molar-refractivity contribution in [3.8, 4) is 5.75 Å². The molecule has 3 nitrogen and oxygen atoms in total. The van der Waals surface area contributed by atoms with Crippen molar-refractivity contribution in [3.05, 3.63) is 29.8 Å². The first-order chi connectivity index (χ1) is 8.41. The molecule has 0 bridgehead atoms. The highest BCUT2D eigenvalue weighted by molar-refractivity contribution is 5.31. The van der Waals surface area contributed by atoms with Gasteiger partial charge in [0.2, 0.25) is 0 Å². The van der Waals surface area contributed by atoms with Gasteiger partial charge in [-0.05, 0) is 23.1 Å². The van der Waals surface area contributed by atoms with Crippen molar-refractivity contribution in [3.63, 3.8) is 0 Å². The van der Waals surface area contributed by atoms with Gasteiger partial charge < -0.3 is 15.2 Å². The maximum atomic E-state index is 5.89. The molecular weight excluding hydrogens is 226 g/mol. The van der Waals surface area contributed by atoms with Gasteiger partial charge in [-0.15, -0.1) is 0 Å². The predicted molar refractivity (Wildman–Crippen MR) is 72.9 cm³/mol. The van der Waals surface area contributed by atoms with E-state index in [1.807, 2.05) is 12.1 Å². The van der Waals surface area contributed by atoms with Crippen LogP contribution in [0.25, 0.3) is 0 Å². The molecule has 0 saturated heterocycles. The van der Waals surface area contributed by atoms with Crippen LogP contribution < -0.4 is 10.5 Å². The van der Waals surface area contributed by atoms with Crippen molar-refractivity contribution in [1.29, 1.82) is 0 Å². The number of hydrogen-bond donors (Lipinski definition) is 1. The molecular formula is C15H23NO2. The average Bonchev–Trinajstić information content (AvgIpc) is 2.28. The first-order valence-corrected chi connectivity index (χ1v) is 6.47. The van der Waals surface area contributed by atoms with Crippen LogP contribution in [0, 0.1) is 0 Å². The second-order valence-electron chi connectivity index (χ2n) is 6.03. The molecule has 0 aromatic heterocycles. The Morgan fingerprint density at radius 3 is 2.22 bits per heavy atom. The summed E-state index contributed by atoms with van der Waals surface area (Å²) in [7, 11) is 1.68. The van der Waals surface area contributed by atoms with E-state index in [4.69, 9.17) is 15.2 Å². The van der Waals surface area contributed by atoms with Crippen LogP contribution in [0.5, 0.6) is 5.75 Å². The second-order valence-corrected chi connectivity index (χ2v) is 6.03. The molecule has 3 atom stereocenters. The van der Waals surface area contributed by atoms with E-state index in [9.17, 15) is 0 Å². The molecule has 0 aliphatic heterocycles. The van der Waals surface area contributed by atoms with Crippen LogP contribution in [0.4, 0.5) is 0 Å². The zero-order chi connectivity index (χ0) is 13.3. The average molecular weight is 249 g/mol.